The molecule has 1 N–H and O–H groups in total. The highest BCUT2D eigenvalue weighted by atomic mass is 32.2. The van der Waals surface area contributed by atoms with Gasteiger partial charge in [0.2, 0.25) is 15.9 Å². The molecule has 0 saturated carbocycles. The number of sulfonamides is 1. The minimum Gasteiger partial charge on any atom is -0.341 e. The molecule has 2 aliphatic rings. The van der Waals surface area contributed by atoms with Gasteiger partial charge in [0.05, 0.1) is 5.25 Å². The molecule has 2 rings (SSSR count). The van der Waals surface area contributed by atoms with Crippen LogP contribution in [0.25, 0.3) is 0 Å². The number of nitrogens with zero attached hydrogens (tertiary/aromatic N) is 1. The number of likely N-dealkylation sites (tertiary alicyclic amines) is 1. The summed E-state index contributed by atoms with van der Waals surface area (Å²) in [5.74, 6) is 0.0779. The number of rotatable bonds is 4. The van der Waals surface area contributed by atoms with E-state index in [0.29, 0.717) is 25.9 Å². The van der Waals surface area contributed by atoms with Crippen molar-refractivity contribution in [1.82, 2.24) is 9.62 Å². The summed E-state index contributed by atoms with van der Waals surface area (Å²) < 4.78 is 26.1. The monoisotopic (exact) mass is 300 g/mol. The zero-order valence-corrected chi connectivity index (χ0v) is 12.9. The Morgan fingerprint density at radius 1 is 1.40 bits per heavy atom. The van der Waals surface area contributed by atoms with Gasteiger partial charge in [0.15, 0.2) is 0 Å². The van der Waals surface area contributed by atoms with Crippen LogP contribution < -0.4 is 4.72 Å². The number of carbonyl (C=O) groups is 1. The summed E-state index contributed by atoms with van der Waals surface area (Å²) in [4.78, 5) is 14.0. The third kappa shape index (κ3) is 3.82. The van der Waals surface area contributed by atoms with Crippen LogP contribution in [-0.2, 0) is 14.8 Å². The zero-order chi connectivity index (χ0) is 14.6. The fraction of sp³-hybridized carbons (Fsp3) is 0.786. The molecule has 1 atom stereocenters. The summed E-state index contributed by atoms with van der Waals surface area (Å²) >= 11 is 0. The third-order valence-corrected chi connectivity index (χ3v) is 6.05. The lowest BCUT2D eigenvalue weighted by molar-refractivity contribution is -0.131. The standard InChI is InChI=1S/C14H24N2O3S/c1-15-20(18,19)13-8-5-9-16(11-13)14(17)10-12-6-3-2-4-7-12/h6,13,15H,2-5,7-11H2,1H3. The van der Waals surface area contributed by atoms with Crippen LogP contribution in [0.15, 0.2) is 11.6 Å². The molecule has 1 unspecified atom stereocenters. The number of carbonyl (C=O) groups excluding carboxylic acids is 1. The summed E-state index contributed by atoms with van der Waals surface area (Å²) in [6, 6.07) is 0. The number of piperidine rings is 1. The first-order valence-electron chi connectivity index (χ1n) is 7.41. The van der Waals surface area contributed by atoms with Crippen LogP contribution in [0, 0.1) is 0 Å². The van der Waals surface area contributed by atoms with Crippen molar-refractivity contribution in [3.63, 3.8) is 0 Å². The van der Waals surface area contributed by atoms with Gasteiger partial charge in [0.25, 0.3) is 0 Å². The predicted molar refractivity (Wildman–Crippen MR) is 78.7 cm³/mol. The van der Waals surface area contributed by atoms with Gasteiger partial charge in [-0.1, -0.05) is 11.6 Å². The number of allylic oxidation sites excluding steroid dienone is 1. The van der Waals surface area contributed by atoms with Crippen LogP contribution in [0.5, 0.6) is 0 Å². The second-order valence-electron chi connectivity index (χ2n) is 5.64. The Bertz CT molecular complexity index is 485. The van der Waals surface area contributed by atoms with Crippen molar-refractivity contribution < 1.29 is 13.2 Å². The Morgan fingerprint density at radius 2 is 2.20 bits per heavy atom. The first-order chi connectivity index (χ1) is 9.53. The van der Waals surface area contributed by atoms with E-state index in [1.54, 1.807) is 4.90 Å². The molecule has 1 heterocycles. The molecule has 20 heavy (non-hydrogen) atoms. The van der Waals surface area contributed by atoms with E-state index >= 15 is 0 Å². The maximum absolute atomic E-state index is 12.3. The fourth-order valence-corrected chi connectivity index (χ4v) is 4.14. The van der Waals surface area contributed by atoms with Gasteiger partial charge in [-0.05, 0) is 45.6 Å². The molecule has 0 aromatic carbocycles. The highest BCUT2D eigenvalue weighted by Crippen LogP contribution is 2.23. The lowest BCUT2D eigenvalue weighted by Gasteiger charge is -2.32. The van der Waals surface area contributed by atoms with Gasteiger partial charge in [-0.25, -0.2) is 13.1 Å². The Balaban J connectivity index is 1.94. The van der Waals surface area contributed by atoms with Gasteiger partial charge in [0.1, 0.15) is 0 Å². The van der Waals surface area contributed by atoms with Crippen molar-refractivity contribution in [2.75, 3.05) is 20.1 Å². The average Bonchev–Trinajstić information content (AvgIpc) is 2.48. The topological polar surface area (TPSA) is 66.5 Å². The molecule has 0 spiro atoms. The van der Waals surface area contributed by atoms with Gasteiger partial charge < -0.3 is 4.90 Å². The van der Waals surface area contributed by atoms with Gasteiger partial charge in [-0.2, -0.15) is 0 Å². The highest BCUT2D eigenvalue weighted by molar-refractivity contribution is 7.90. The van der Waals surface area contributed by atoms with Crippen LogP contribution in [0.1, 0.15) is 44.9 Å². The van der Waals surface area contributed by atoms with E-state index in [0.717, 1.165) is 25.7 Å². The Kier molecular flexibility index (Phi) is 5.21. The lowest BCUT2D eigenvalue weighted by Crippen LogP contribution is -2.47. The lowest BCUT2D eigenvalue weighted by atomic mass is 9.96. The van der Waals surface area contributed by atoms with Crippen molar-refractivity contribution in [3.8, 4) is 0 Å². The molecule has 114 valence electrons. The van der Waals surface area contributed by atoms with E-state index in [9.17, 15) is 13.2 Å². The quantitative estimate of drug-likeness (QED) is 0.798. The maximum Gasteiger partial charge on any atom is 0.226 e. The smallest absolute Gasteiger partial charge is 0.226 e. The number of nitrogens with one attached hydrogen (secondary N) is 1. The van der Waals surface area contributed by atoms with Crippen molar-refractivity contribution in [3.05, 3.63) is 11.6 Å². The molecular weight excluding hydrogens is 276 g/mol. The predicted octanol–water partition coefficient (Wildman–Crippen LogP) is 1.42. The van der Waals surface area contributed by atoms with Crippen molar-refractivity contribution in [2.45, 2.75) is 50.2 Å². The summed E-state index contributed by atoms with van der Waals surface area (Å²) in [5, 5.41) is -0.467. The first kappa shape index (κ1) is 15.5. The molecule has 6 heteroatoms. The van der Waals surface area contributed by atoms with E-state index in [1.165, 1.54) is 19.0 Å². The molecule has 0 aromatic heterocycles. The molecule has 1 aliphatic heterocycles. The summed E-state index contributed by atoms with van der Waals surface area (Å²) in [7, 11) is -1.85. The molecule has 1 fully saturated rings. The molecule has 0 radical (unpaired) electrons. The van der Waals surface area contributed by atoms with Gasteiger partial charge in [-0.15, -0.1) is 0 Å². The Labute approximate surface area is 121 Å². The van der Waals surface area contributed by atoms with E-state index in [1.807, 2.05) is 0 Å². The normalized spacial score (nSPS) is 24.4. The number of hydrogen-bond donors (Lipinski definition) is 1. The minimum atomic E-state index is -3.28. The molecule has 5 nitrogen and oxygen atoms in total. The number of hydrogen-bond acceptors (Lipinski definition) is 3. The molecule has 1 saturated heterocycles. The van der Waals surface area contributed by atoms with Crippen molar-refractivity contribution in [2.24, 2.45) is 0 Å². The van der Waals surface area contributed by atoms with Crippen molar-refractivity contribution >= 4 is 15.9 Å². The molecular formula is C14H24N2O3S. The highest BCUT2D eigenvalue weighted by Gasteiger charge is 2.31. The van der Waals surface area contributed by atoms with Crippen LogP contribution in [0.4, 0.5) is 0 Å². The second kappa shape index (κ2) is 6.72. The van der Waals surface area contributed by atoms with Gasteiger partial charge in [0, 0.05) is 19.5 Å². The van der Waals surface area contributed by atoms with Gasteiger partial charge in [-0.3, -0.25) is 4.79 Å². The minimum absolute atomic E-state index is 0.0779. The average molecular weight is 300 g/mol. The Morgan fingerprint density at radius 3 is 2.85 bits per heavy atom. The summed E-state index contributed by atoms with van der Waals surface area (Å²) in [6.45, 7) is 1.01. The second-order valence-corrected chi connectivity index (χ2v) is 7.80. The first-order valence-corrected chi connectivity index (χ1v) is 8.95. The van der Waals surface area contributed by atoms with E-state index < -0.39 is 15.3 Å². The number of amides is 1. The fourth-order valence-electron chi connectivity index (χ4n) is 2.96. The SMILES string of the molecule is CNS(=O)(=O)C1CCCN(C(=O)CC2=CCCCC2)C1. The van der Waals surface area contributed by atoms with Crippen LogP contribution in [-0.4, -0.2) is 44.6 Å². The summed E-state index contributed by atoms with van der Waals surface area (Å²) in [6.07, 6.45) is 8.49. The zero-order valence-electron chi connectivity index (χ0n) is 12.1. The maximum atomic E-state index is 12.3. The van der Waals surface area contributed by atoms with E-state index in [2.05, 4.69) is 10.8 Å². The van der Waals surface area contributed by atoms with Crippen LogP contribution in [0.3, 0.4) is 0 Å². The molecule has 0 aromatic rings. The third-order valence-electron chi connectivity index (χ3n) is 4.22. The van der Waals surface area contributed by atoms with Crippen LogP contribution in [0.2, 0.25) is 0 Å². The largest absolute Gasteiger partial charge is 0.341 e. The van der Waals surface area contributed by atoms with Crippen molar-refractivity contribution in [1.29, 1.82) is 0 Å². The van der Waals surface area contributed by atoms with E-state index in [4.69, 9.17) is 0 Å². The molecule has 0 bridgehead atoms. The van der Waals surface area contributed by atoms with Crippen LogP contribution >= 0.6 is 0 Å². The Hall–Kier alpha value is -0.880. The molecule has 1 aliphatic carbocycles. The molecule has 1 amide bonds. The van der Waals surface area contributed by atoms with E-state index in [-0.39, 0.29) is 5.91 Å². The summed E-state index contributed by atoms with van der Waals surface area (Å²) in [5.41, 5.74) is 1.22. The van der Waals surface area contributed by atoms with Gasteiger partial charge >= 0.3 is 0 Å².